The Balaban J connectivity index is 2.36. The van der Waals surface area contributed by atoms with Crippen LogP contribution in [0.25, 0.3) is 15.8 Å². The van der Waals surface area contributed by atoms with Crippen LogP contribution in [0.15, 0.2) is 41.2 Å². The standard InChI is InChI=1S/C14H9ClFNO2S/c1-19-11-4-2-3-10(15)13(11)17-14(18)9-7-8(16)5-6-12(9)20-17/h2-7H,1H3. The van der Waals surface area contributed by atoms with E-state index >= 15 is 0 Å². The lowest BCUT2D eigenvalue weighted by atomic mass is 10.2. The van der Waals surface area contributed by atoms with Crippen molar-refractivity contribution in [2.75, 3.05) is 7.11 Å². The fourth-order valence-electron chi connectivity index (χ4n) is 2.00. The third-order valence-electron chi connectivity index (χ3n) is 2.92. The Morgan fingerprint density at radius 3 is 2.85 bits per heavy atom. The zero-order valence-electron chi connectivity index (χ0n) is 10.4. The number of ether oxygens (including phenoxy) is 1. The number of fused-ring (bicyclic) bond motifs is 1. The van der Waals surface area contributed by atoms with Crippen molar-refractivity contribution in [3.05, 3.63) is 57.6 Å². The third-order valence-corrected chi connectivity index (χ3v) is 4.31. The smallest absolute Gasteiger partial charge is 0.273 e. The van der Waals surface area contributed by atoms with Gasteiger partial charge in [-0.05, 0) is 30.3 Å². The van der Waals surface area contributed by atoms with Crippen molar-refractivity contribution in [2.45, 2.75) is 0 Å². The monoisotopic (exact) mass is 309 g/mol. The highest BCUT2D eigenvalue weighted by Crippen LogP contribution is 2.32. The molecule has 0 aliphatic heterocycles. The van der Waals surface area contributed by atoms with Gasteiger partial charge in [0.1, 0.15) is 17.3 Å². The fraction of sp³-hybridized carbons (Fsp3) is 0.0714. The highest BCUT2D eigenvalue weighted by molar-refractivity contribution is 7.14. The molecule has 0 unspecified atom stereocenters. The van der Waals surface area contributed by atoms with E-state index < -0.39 is 5.82 Å². The van der Waals surface area contributed by atoms with Gasteiger partial charge in [-0.2, -0.15) is 0 Å². The number of para-hydroxylation sites is 1. The molecule has 0 amide bonds. The molecule has 0 N–H and O–H groups in total. The van der Waals surface area contributed by atoms with Gasteiger partial charge in [-0.15, -0.1) is 0 Å². The first-order chi connectivity index (χ1) is 9.61. The third kappa shape index (κ3) is 1.99. The SMILES string of the molecule is COc1cccc(Cl)c1-n1sc2ccc(F)cc2c1=O. The first-order valence-electron chi connectivity index (χ1n) is 5.76. The Morgan fingerprint density at radius 1 is 1.30 bits per heavy atom. The predicted octanol–water partition coefficient (Wildman–Crippen LogP) is 3.85. The van der Waals surface area contributed by atoms with Gasteiger partial charge >= 0.3 is 0 Å². The van der Waals surface area contributed by atoms with Gasteiger partial charge in [0.05, 0.1) is 22.2 Å². The van der Waals surface area contributed by atoms with Crippen molar-refractivity contribution < 1.29 is 9.13 Å². The molecule has 3 aromatic rings. The number of nitrogens with zero attached hydrogens (tertiary/aromatic N) is 1. The van der Waals surface area contributed by atoms with E-state index in [-0.39, 0.29) is 5.56 Å². The molecule has 0 radical (unpaired) electrons. The second kappa shape index (κ2) is 4.92. The molecule has 3 rings (SSSR count). The average Bonchev–Trinajstić information content (AvgIpc) is 2.75. The van der Waals surface area contributed by atoms with Crippen LogP contribution in [0.5, 0.6) is 5.75 Å². The number of hydrogen-bond acceptors (Lipinski definition) is 3. The molecule has 1 heterocycles. The molecule has 0 aliphatic carbocycles. The molecule has 0 atom stereocenters. The molecule has 6 heteroatoms. The van der Waals surface area contributed by atoms with E-state index in [1.807, 2.05) is 0 Å². The summed E-state index contributed by atoms with van der Waals surface area (Å²) in [5.74, 6) is 0.0531. The second-order valence-electron chi connectivity index (χ2n) is 4.12. The molecule has 0 spiro atoms. The molecule has 0 bridgehead atoms. The van der Waals surface area contributed by atoms with E-state index in [0.717, 1.165) is 0 Å². The van der Waals surface area contributed by atoms with Crippen LogP contribution in [0.4, 0.5) is 4.39 Å². The van der Waals surface area contributed by atoms with Crippen molar-refractivity contribution in [3.8, 4) is 11.4 Å². The Kier molecular flexibility index (Phi) is 3.23. The van der Waals surface area contributed by atoms with Gasteiger partial charge in [0.25, 0.3) is 5.56 Å². The van der Waals surface area contributed by atoms with Crippen LogP contribution in [0.3, 0.4) is 0 Å². The molecule has 0 aliphatic rings. The largest absolute Gasteiger partial charge is 0.494 e. The van der Waals surface area contributed by atoms with Gasteiger partial charge in [0, 0.05) is 0 Å². The van der Waals surface area contributed by atoms with E-state index in [9.17, 15) is 9.18 Å². The predicted molar refractivity (Wildman–Crippen MR) is 78.9 cm³/mol. The van der Waals surface area contributed by atoms with Gasteiger partial charge in [-0.3, -0.25) is 4.79 Å². The minimum absolute atomic E-state index is 0.309. The zero-order valence-corrected chi connectivity index (χ0v) is 12.0. The summed E-state index contributed by atoms with van der Waals surface area (Å²) in [5, 5.41) is 0.732. The molecule has 102 valence electrons. The number of halogens is 2. The summed E-state index contributed by atoms with van der Waals surface area (Å²) in [6.45, 7) is 0. The lowest BCUT2D eigenvalue weighted by Crippen LogP contribution is -2.12. The zero-order chi connectivity index (χ0) is 14.3. The summed E-state index contributed by atoms with van der Waals surface area (Å²) in [7, 11) is 1.51. The van der Waals surface area contributed by atoms with Crippen LogP contribution in [0.1, 0.15) is 0 Å². The average molecular weight is 310 g/mol. The van der Waals surface area contributed by atoms with E-state index in [1.165, 1.54) is 34.7 Å². The maximum Gasteiger partial charge on any atom is 0.273 e. The van der Waals surface area contributed by atoms with Gasteiger partial charge < -0.3 is 4.74 Å². The van der Waals surface area contributed by atoms with Crippen LogP contribution in [-0.4, -0.2) is 11.1 Å². The minimum atomic E-state index is -0.439. The van der Waals surface area contributed by atoms with Gasteiger partial charge in [0.15, 0.2) is 0 Å². The fourth-order valence-corrected chi connectivity index (χ4v) is 3.33. The Bertz CT molecular complexity index is 856. The highest BCUT2D eigenvalue weighted by Gasteiger charge is 2.16. The van der Waals surface area contributed by atoms with E-state index in [4.69, 9.17) is 16.3 Å². The van der Waals surface area contributed by atoms with E-state index in [0.29, 0.717) is 26.5 Å². The summed E-state index contributed by atoms with van der Waals surface area (Å²) in [5.41, 5.74) is 0.166. The molecule has 1 aromatic heterocycles. The molecular formula is C14H9ClFNO2S. The van der Waals surface area contributed by atoms with Crippen LogP contribution < -0.4 is 10.3 Å². The topological polar surface area (TPSA) is 31.2 Å². The number of benzene rings is 2. The number of hydrogen-bond donors (Lipinski definition) is 0. The van der Waals surface area contributed by atoms with Crippen molar-refractivity contribution in [3.63, 3.8) is 0 Å². The number of aromatic nitrogens is 1. The van der Waals surface area contributed by atoms with Crippen molar-refractivity contribution in [2.24, 2.45) is 0 Å². The van der Waals surface area contributed by atoms with Gasteiger partial charge in [-0.25, -0.2) is 8.35 Å². The summed E-state index contributed by atoms with van der Waals surface area (Å²) >= 11 is 7.37. The minimum Gasteiger partial charge on any atom is -0.494 e. The number of rotatable bonds is 2. The quantitative estimate of drug-likeness (QED) is 0.720. The molecular weight excluding hydrogens is 301 g/mol. The van der Waals surface area contributed by atoms with Gasteiger partial charge in [0.2, 0.25) is 0 Å². The Morgan fingerprint density at radius 2 is 2.10 bits per heavy atom. The van der Waals surface area contributed by atoms with Crippen LogP contribution in [0.2, 0.25) is 5.02 Å². The first-order valence-corrected chi connectivity index (χ1v) is 6.91. The normalized spacial score (nSPS) is 10.9. The molecule has 0 saturated heterocycles. The lowest BCUT2D eigenvalue weighted by molar-refractivity contribution is 0.413. The molecule has 0 saturated carbocycles. The van der Waals surface area contributed by atoms with Gasteiger partial charge in [-0.1, -0.05) is 29.2 Å². The summed E-state index contributed by atoms with van der Waals surface area (Å²) in [6, 6.07) is 9.27. The first kappa shape index (κ1) is 13.1. The van der Waals surface area contributed by atoms with E-state index in [1.54, 1.807) is 24.3 Å². The summed E-state index contributed by atoms with van der Waals surface area (Å²) < 4.78 is 20.6. The molecule has 3 nitrogen and oxygen atoms in total. The van der Waals surface area contributed by atoms with Crippen LogP contribution in [-0.2, 0) is 0 Å². The van der Waals surface area contributed by atoms with Crippen LogP contribution >= 0.6 is 23.1 Å². The lowest BCUT2D eigenvalue weighted by Gasteiger charge is -2.09. The van der Waals surface area contributed by atoms with E-state index in [2.05, 4.69) is 0 Å². The highest BCUT2D eigenvalue weighted by atomic mass is 35.5. The van der Waals surface area contributed by atoms with Crippen molar-refractivity contribution >= 4 is 33.2 Å². The Labute approximate surface area is 122 Å². The molecule has 2 aromatic carbocycles. The number of methoxy groups -OCH3 is 1. The molecule has 0 fully saturated rings. The van der Waals surface area contributed by atoms with Crippen molar-refractivity contribution in [1.29, 1.82) is 0 Å². The van der Waals surface area contributed by atoms with Crippen molar-refractivity contribution in [1.82, 2.24) is 3.96 Å². The maximum atomic E-state index is 13.3. The maximum absolute atomic E-state index is 13.3. The summed E-state index contributed by atoms with van der Waals surface area (Å²) in [4.78, 5) is 12.4. The second-order valence-corrected chi connectivity index (χ2v) is 5.52. The molecule has 20 heavy (non-hydrogen) atoms. The van der Waals surface area contributed by atoms with Crippen LogP contribution in [0, 0.1) is 5.82 Å². The summed E-state index contributed by atoms with van der Waals surface area (Å²) in [6.07, 6.45) is 0. The Hall–Kier alpha value is -1.85.